The van der Waals surface area contributed by atoms with E-state index in [4.69, 9.17) is 0 Å². The Kier molecular flexibility index (Phi) is 4.89. The second kappa shape index (κ2) is 5.27. The van der Waals surface area contributed by atoms with Gasteiger partial charge in [0.15, 0.2) is 19.7 Å². The summed E-state index contributed by atoms with van der Waals surface area (Å²) in [6.07, 6.45) is 0.000509. The van der Waals surface area contributed by atoms with E-state index >= 15 is 0 Å². The number of rotatable bonds is 7. The van der Waals surface area contributed by atoms with E-state index in [-0.39, 0.29) is 22.7 Å². The summed E-state index contributed by atoms with van der Waals surface area (Å²) in [5.74, 6) is 0. The van der Waals surface area contributed by atoms with Crippen LogP contribution < -0.4 is 0 Å². The lowest BCUT2D eigenvalue weighted by atomic mass is 10.3. The van der Waals surface area contributed by atoms with E-state index in [2.05, 4.69) is 26.3 Å². The first kappa shape index (κ1) is 14.9. The average Bonchev–Trinajstić information content (AvgIpc) is 2.24. The summed E-state index contributed by atoms with van der Waals surface area (Å²) in [6, 6.07) is 0. The molecule has 0 aromatic rings. The first-order chi connectivity index (χ1) is 7.17. The zero-order chi connectivity index (χ0) is 13.0. The lowest BCUT2D eigenvalue weighted by Gasteiger charge is -2.05. The molecule has 6 heteroatoms. The summed E-state index contributed by atoms with van der Waals surface area (Å²) >= 11 is 0. The monoisotopic (exact) mass is 262 g/mol. The molecule has 0 aromatic carbocycles. The highest BCUT2D eigenvalue weighted by molar-refractivity contribution is 7.98. The van der Waals surface area contributed by atoms with E-state index in [1.807, 2.05) is 0 Å². The van der Waals surface area contributed by atoms with Gasteiger partial charge in [0.1, 0.15) is 0 Å². The van der Waals surface area contributed by atoms with Crippen LogP contribution in [0.15, 0.2) is 46.9 Å². The van der Waals surface area contributed by atoms with Crippen LogP contribution in [0.4, 0.5) is 0 Å². The highest BCUT2D eigenvalue weighted by Crippen LogP contribution is 2.19. The number of hydrogen-bond acceptors (Lipinski definition) is 4. The van der Waals surface area contributed by atoms with Gasteiger partial charge >= 0.3 is 0 Å². The molecule has 0 rings (SSSR count). The topological polar surface area (TPSA) is 68.3 Å². The first-order valence-electron chi connectivity index (χ1n) is 4.28. The van der Waals surface area contributed by atoms with Crippen molar-refractivity contribution in [2.75, 3.05) is 0 Å². The standard InChI is InChI=1S/C10H14O4S2/c1-5-15(11,12)9(3)7-8-10(4)16(13,14)6-2/h5-6H,1-4,7-8H2. The van der Waals surface area contributed by atoms with E-state index in [0.717, 1.165) is 10.8 Å². The molecule has 0 spiro atoms. The molecule has 0 aliphatic heterocycles. The Labute approximate surface area is 96.5 Å². The van der Waals surface area contributed by atoms with Crippen LogP contribution in [0.25, 0.3) is 0 Å². The number of sulfone groups is 2. The van der Waals surface area contributed by atoms with E-state index in [1.165, 1.54) is 0 Å². The Morgan fingerprint density at radius 3 is 1.25 bits per heavy atom. The van der Waals surface area contributed by atoms with E-state index < -0.39 is 19.7 Å². The summed E-state index contributed by atoms with van der Waals surface area (Å²) < 4.78 is 44.9. The number of hydrogen-bond donors (Lipinski definition) is 0. The van der Waals surface area contributed by atoms with Crippen LogP contribution in [-0.4, -0.2) is 16.8 Å². The maximum Gasteiger partial charge on any atom is 0.194 e. The van der Waals surface area contributed by atoms with Gasteiger partial charge in [-0.15, -0.1) is 0 Å². The molecule has 0 N–H and O–H groups in total. The van der Waals surface area contributed by atoms with Crippen molar-refractivity contribution in [1.29, 1.82) is 0 Å². The Morgan fingerprint density at radius 1 is 0.812 bits per heavy atom. The number of allylic oxidation sites excluding steroid dienone is 2. The van der Waals surface area contributed by atoms with E-state index in [1.54, 1.807) is 0 Å². The van der Waals surface area contributed by atoms with Crippen molar-refractivity contribution in [2.45, 2.75) is 12.8 Å². The van der Waals surface area contributed by atoms with Crippen LogP contribution in [-0.2, 0) is 19.7 Å². The van der Waals surface area contributed by atoms with Crippen molar-refractivity contribution in [3.05, 3.63) is 46.9 Å². The molecular weight excluding hydrogens is 248 g/mol. The van der Waals surface area contributed by atoms with Gasteiger partial charge in [-0.25, -0.2) is 16.8 Å². The first-order valence-corrected chi connectivity index (χ1v) is 7.37. The third kappa shape index (κ3) is 3.79. The predicted molar refractivity (Wildman–Crippen MR) is 65.7 cm³/mol. The third-order valence-electron chi connectivity index (χ3n) is 1.93. The Morgan fingerprint density at radius 2 is 1.06 bits per heavy atom. The molecule has 0 saturated heterocycles. The Balaban J connectivity index is 4.64. The molecule has 0 unspecified atom stereocenters. The highest BCUT2D eigenvalue weighted by Gasteiger charge is 2.15. The maximum absolute atomic E-state index is 11.2. The van der Waals surface area contributed by atoms with Crippen molar-refractivity contribution < 1.29 is 16.8 Å². The van der Waals surface area contributed by atoms with Gasteiger partial charge in [-0.1, -0.05) is 26.3 Å². The van der Waals surface area contributed by atoms with Gasteiger partial charge in [0, 0.05) is 20.6 Å². The SMILES string of the molecule is C=CS(=O)(=O)C(=C)CCC(=C)S(=O)(=O)C=C. The zero-order valence-corrected chi connectivity index (χ0v) is 10.5. The van der Waals surface area contributed by atoms with Gasteiger partial charge < -0.3 is 0 Å². The van der Waals surface area contributed by atoms with Crippen molar-refractivity contribution in [2.24, 2.45) is 0 Å². The smallest absolute Gasteiger partial charge is 0.194 e. The van der Waals surface area contributed by atoms with Crippen LogP contribution in [0.2, 0.25) is 0 Å². The second-order valence-corrected chi connectivity index (χ2v) is 7.00. The van der Waals surface area contributed by atoms with Crippen LogP contribution in [0, 0.1) is 0 Å². The highest BCUT2D eigenvalue weighted by atomic mass is 32.2. The van der Waals surface area contributed by atoms with Crippen LogP contribution in [0.5, 0.6) is 0 Å². The lowest BCUT2D eigenvalue weighted by molar-refractivity contribution is 0.604. The van der Waals surface area contributed by atoms with E-state index in [0.29, 0.717) is 0 Å². The van der Waals surface area contributed by atoms with Gasteiger partial charge in [0.2, 0.25) is 0 Å². The van der Waals surface area contributed by atoms with Crippen molar-refractivity contribution in [3.63, 3.8) is 0 Å². The fraction of sp³-hybridized carbons (Fsp3) is 0.200. The molecule has 0 aromatic heterocycles. The molecule has 0 bridgehead atoms. The second-order valence-electron chi connectivity index (χ2n) is 3.00. The molecule has 90 valence electrons. The summed E-state index contributed by atoms with van der Waals surface area (Å²) in [5.41, 5.74) is 0. The molecule has 0 aliphatic rings. The van der Waals surface area contributed by atoms with Crippen molar-refractivity contribution in [3.8, 4) is 0 Å². The van der Waals surface area contributed by atoms with Crippen molar-refractivity contribution >= 4 is 19.7 Å². The van der Waals surface area contributed by atoms with Gasteiger partial charge in [-0.2, -0.15) is 0 Å². The fourth-order valence-corrected chi connectivity index (χ4v) is 2.04. The van der Waals surface area contributed by atoms with Crippen LogP contribution in [0.1, 0.15) is 12.8 Å². The normalized spacial score (nSPS) is 11.8. The lowest BCUT2D eigenvalue weighted by Crippen LogP contribution is -2.02. The summed E-state index contributed by atoms with van der Waals surface area (Å²) in [5, 5.41) is 1.56. The average molecular weight is 262 g/mol. The maximum atomic E-state index is 11.2. The molecule has 0 radical (unpaired) electrons. The van der Waals surface area contributed by atoms with E-state index in [9.17, 15) is 16.8 Å². The zero-order valence-electron chi connectivity index (χ0n) is 8.85. The predicted octanol–water partition coefficient (Wildman–Crippen LogP) is 1.91. The van der Waals surface area contributed by atoms with Crippen LogP contribution in [0.3, 0.4) is 0 Å². The molecule has 16 heavy (non-hydrogen) atoms. The van der Waals surface area contributed by atoms with Gasteiger partial charge in [-0.3, -0.25) is 0 Å². The molecule has 0 fully saturated rings. The Bertz CT molecular complexity index is 471. The quantitative estimate of drug-likeness (QED) is 0.703. The molecule has 0 atom stereocenters. The molecule has 4 nitrogen and oxygen atoms in total. The van der Waals surface area contributed by atoms with Crippen LogP contribution >= 0.6 is 0 Å². The van der Waals surface area contributed by atoms with Gasteiger partial charge in [-0.05, 0) is 12.8 Å². The molecule has 0 aliphatic carbocycles. The molecule has 0 heterocycles. The largest absolute Gasteiger partial charge is 0.220 e. The fourth-order valence-electron chi connectivity index (χ4n) is 0.799. The molecular formula is C10H14O4S2. The minimum Gasteiger partial charge on any atom is -0.220 e. The minimum atomic E-state index is -3.54. The minimum absolute atomic E-state index is 0.000255. The summed E-state index contributed by atoms with van der Waals surface area (Å²) in [7, 11) is -7.08. The summed E-state index contributed by atoms with van der Waals surface area (Å²) in [4.78, 5) is -0.161. The van der Waals surface area contributed by atoms with Gasteiger partial charge in [0.05, 0.1) is 0 Å². The Hall–Kier alpha value is -1.14. The van der Waals surface area contributed by atoms with Crippen molar-refractivity contribution in [1.82, 2.24) is 0 Å². The molecule has 0 saturated carbocycles. The third-order valence-corrected chi connectivity index (χ3v) is 4.82. The summed E-state index contributed by atoms with van der Waals surface area (Å²) in [6.45, 7) is 13.0. The van der Waals surface area contributed by atoms with Gasteiger partial charge in [0.25, 0.3) is 0 Å². The molecule has 0 amide bonds.